The molecule has 5 nitrogen and oxygen atoms in total. The maximum absolute atomic E-state index is 12.3. The molecule has 1 aromatic carbocycles. The molecule has 1 aromatic heterocycles. The van der Waals surface area contributed by atoms with Crippen molar-refractivity contribution in [2.75, 3.05) is 26.2 Å². The number of rotatable bonds is 5. The van der Waals surface area contributed by atoms with E-state index in [4.69, 9.17) is 0 Å². The highest BCUT2D eigenvalue weighted by atomic mass is 19.4. The molecular weight excluding hydrogens is 371 g/mol. The predicted molar refractivity (Wildman–Crippen MR) is 98.3 cm³/mol. The summed E-state index contributed by atoms with van der Waals surface area (Å²) in [5.74, 6) is -0.274. The highest BCUT2D eigenvalue weighted by molar-refractivity contribution is 5.91. The van der Waals surface area contributed by atoms with Crippen LogP contribution in [-0.2, 0) is 11.3 Å². The number of carbonyl (C=O) groups is 1. The summed E-state index contributed by atoms with van der Waals surface area (Å²) in [4.78, 5) is 20.2. The Morgan fingerprint density at radius 1 is 1.11 bits per heavy atom. The molecule has 0 saturated carbocycles. The Morgan fingerprint density at radius 3 is 2.43 bits per heavy atom. The minimum Gasteiger partial charge on any atom is -0.406 e. The first-order chi connectivity index (χ1) is 13.4. The Kier molecular flexibility index (Phi) is 6.30. The molecule has 0 aliphatic carbocycles. The Labute approximate surface area is 161 Å². The lowest BCUT2D eigenvalue weighted by Gasteiger charge is -2.34. The molecule has 28 heavy (non-hydrogen) atoms. The molecular formula is C20H20F3N3O2. The minimum atomic E-state index is -4.68. The summed E-state index contributed by atoms with van der Waals surface area (Å²) in [5, 5.41) is 0. The lowest BCUT2D eigenvalue weighted by Crippen LogP contribution is -2.47. The van der Waals surface area contributed by atoms with Gasteiger partial charge in [0.1, 0.15) is 5.75 Å². The van der Waals surface area contributed by atoms with Gasteiger partial charge in [0, 0.05) is 51.2 Å². The van der Waals surface area contributed by atoms with Gasteiger partial charge in [0.2, 0.25) is 5.91 Å². The fourth-order valence-corrected chi connectivity index (χ4v) is 2.93. The molecule has 1 amide bonds. The van der Waals surface area contributed by atoms with Crippen molar-refractivity contribution in [3.05, 3.63) is 66.0 Å². The number of alkyl halides is 3. The second-order valence-corrected chi connectivity index (χ2v) is 6.41. The first kappa shape index (κ1) is 19.9. The predicted octanol–water partition coefficient (Wildman–Crippen LogP) is 3.34. The van der Waals surface area contributed by atoms with Crippen LogP contribution in [0.3, 0.4) is 0 Å². The molecule has 2 heterocycles. The van der Waals surface area contributed by atoms with E-state index in [-0.39, 0.29) is 11.7 Å². The fourth-order valence-electron chi connectivity index (χ4n) is 2.93. The van der Waals surface area contributed by atoms with Gasteiger partial charge < -0.3 is 9.64 Å². The van der Waals surface area contributed by atoms with Crippen molar-refractivity contribution in [3.8, 4) is 5.75 Å². The molecule has 0 spiro atoms. The largest absolute Gasteiger partial charge is 0.573 e. The Morgan fingerprint density at radius 2 is 1.82 bits per heavy atom. The van der Waals surface area contributed by atoms with E-state index in [0.29, 0.717) is 32.7 Å². The van der Waals surface area contributed by atoms with Crippen LogP contribution < -0.4 is 4.74 Å². The van der Waals surface area contributed by atoms with Crippen molar-refractivity contribution < 1.29 is 22.7 Å². The van der Waals surface area contributed by atoms with E-state index in [2.05, 4.69) is 14.6 Å². The van der Waals surface area contributed by atoms with E-state index in [0.717, 1.165) is 11.1 Å². The first-order valence-corrected chi connectivity index (χ1v) is 8.83. The lowest BCUT2D eigenvalue weighted by atomic mass is 10.2. The number of piperazine rings is 1. The number of hydrogen-bond acceptors (Lipinski definition) is 4. The number of ether oxygens (including phenoxy) is 1. The summed E-state index contributed by atoms with van der Waals surface area (Å²) in [6, 6.07) is 9.55. The number of carbonyl (C=O) groups excluding carboxylic acids is 1. The van der Waals surface area contributed by atoms with Crippen molar-refractivity contribution in [3.63, 3.8) is 0 Å². The van der Waals surface area contributed by atoms with E-state index in [9.17, 15) is 18.0 Å². The molecule has 1 aliphatic rings. The van der Waals surface area contributed by atoms with Crippen LogP contribution in [0.5, 0.6) is 5.75 Å². The van der Waals surface area contributed by atoms with E-state index < -0.39 is 6.36 Å². The number of pyridine rings is 1. The van der Waals surface area contributed by atoms with Crippen LogP contribution in [0.1, 0.15) is 11.1 Å². The van der Waals surface area contributed by atoms with Crippen LogP contribution in [0.25, 0.3) is 6.08 Å². The van der Waals surface area contributed by atoms with Crippen molar-refractivity contribution in [1.29, 1.82) is 0 Å². The standard InChI is InChI=1S/C20H20F3N3O2/c21-20(22,23)28-18-6-3-17(4-7-18)15-25-10-12-26(13-11-25)19(27)8-5-16-2-1-9-24-14-16/h1-9,14H,10-13,15H2/b8-5+. The molecule has 1 fully saturated rings. The van der Waals surface area contributed by atoms with Gasteiger partial charge in [-0.25, -0.2) is 0 Å². The van der Waals surface area contributed by atoms with Gasteiger partial charge in [-0.3, -0.25) is 14.7 Å². The molecule has 0 atom stereocenters. The van der Waals surface area contributed by atoms with Gasteiger partial charge in [-0.2, -0.15) is 0 Å². The van der Waals surface area contributed by atoms with E-state index in [1.54, 1.807) is 41.6 Å². The van der Waals surface area contributed by atoms with Gasteiger partial charge in [0.15, 0.2) is 0 Å². The number of aromatic nitrogens is 1. The monoisotopic (exact) mass is 391 g/mol. The minimum absolute atomic E-state index is 0.0443. The quantitative estimate of drug-likeness (QED) is 0.734. The highest BCUT2D eigenvalue weighted by Gasteiger charge is 2.31. The molecule has 3 rings (SSSR count). The number of halogens is 3. The van der Waals surface area contributed by atoms with Crippen LogP contribution in [0.15, 0.2) is 54.9 Å². The molecule has 2 aromatic rings. The van der Waals surface area contributed by atoms with Crippen molar-refractivity contribution in [2.24, 2.45) is 0 Å². The molecule has 1 aliphatic heterocycles. The van der Waals surface area contributed by atoms with E-state index in [1.807, 2.05) is 12.1 Å². The SMILES string of the molecule is O=C(/C=C/c1cccnc1)N1CCN(Cc2ccc(OC(F)(F)F)cc2)CC1. The van der Waals surface area contributed by atoms with Gasteiger partial charge in [-0.05, 0) is 35.4 Å². The average Bonchev–Trinajstić information content (AvgIpc) is 2.68. The van der Waals surface area contributed by atoms with Gasteiger partial charge in [-0.15, -0.1) is 13.2 Å². The van der Waals surface area contributed by atoms with Gasteiger partial charge in [-0.1, -0.05) is 18.2 Å². The average molecular weight is 391 g/mol. The van der Waals surface area contributed by atoms with Crippen LogP contribution in [-0.4, -0.2) is 53.2 Å². The molecule has 0 bridgehead atoms. The van der Waals surface area contributed by atoms with Gasteiger partial charge in [0.25, 0.3) is 0 Å². The second kappa shape index (κ2) is 8.88. The Hall–Kier alpha value is -2.87. The summed E-state index contributed by atoms with van der Waals surface area (Å²) in [6.07, 6.45) is 1.97. The smallest absolute Gasteiger partial charge is 0.406 e. The molecule has 1 saturated heterocycles. The number of amides is 1. The summed E-state index contributed by atoms with van der Waals surface area (Å²) in [5.41, 5.74) is 1.76. The van der Waals surface area contributed by atoms with Crippen LogP contribution in [0.4, 0.5) is 13.2 Å². The summed E-state index contributed by atoms with van der Waals surface area (Å²) in [6.45, 7) is 3.22. The second-order valence-electron chi connectivity index (χ2n) is 6.41. The normalized spacial score (nSPS) is 15.8. The van der Waals surface area contributed by atoms with E-state index in [1.165, 1.54) is 12.1 Å². The van der Waals surface area contributed by atoms with Crippen LogP contribution >= 0.6 is 0 Å². The molecule has 0 unspecified atom stereocenters. The first-order valence-electron chi connectivity index (χ1n) is 8.83. The van der Waals surface area contributed by atoms with E-state index >= 15 is 0 Å². The summed E-state index contributed by atoms with van der Waals surface area (Å²) < 4.78 is 40.5. The highest BCUT2D eigenvalue weighted by Crippen LogP contribution is 2.23. The van der Waals surface area contributed by atoms with Crippen LogP contribution in [0, 0.1) is 0 Å². The maximum Gasteiger partial charge on any atom is 0.573 e. The van der Waals surface area contributed by atoms with Crippen LogP contribution in [0.2, 0.25) is 0 Å². The molecule has 0 N–H and O–H groups in total. The zero-order chi connectivity index (χ0) is 20.0. The zero-order valence-corrected chi connectivity index (χ0v) is 15.1. The Balaban J connectivity index is 1.46. The lowest BCUT2D eigenvalue weighted by molar-refractivity contribution is -0.274. The fraction of sp³-hybridized carbons (Fsp3) is 0.300. The van der Waals surface area contributed by atoms with Gasteiger partial charge >= 0.3 is 6.36 Å². The van der Waals surface area contributed by atoms with Crippen molar-refractivity contribution >= 4 is 12.0 Å². The summed E-state index contributed by atoms with van der Waals surface area (Å²) in [7, 11) is 0. The number of benzene rings is 1. The molecule has 8 heteroatoms. The third-order valence-electron chi connectivity index (χ3n) is 4.35. The summed E-state index contributed by atoms with van der Waals surface area (Å²) >= 11 is 0. The third-order valence-corrected chi connectivity index (χ3v) is 4.35. The van der Waals surface area contributed by atoms with Crippen molar-refractivity contribution in [1.82, 2.24) is 14.8 Å². The maximum atomic E-state index is 12.3. The number of nitrogens with zero attached hydrogens (tertiary/aromatic N) is 3. The number of hydrogen-bond donors (Lipinski definition) is 0. The third kappa shape index (κ3) is 6.09. The van der Waals surface area contributed by atoms with Gasteiger partial charge in [0.05, 0.1) is 0 Å². The molecule has 0 radical (unpaired) electrons. The zero-order valence-electron chi connectivity index (χ0n) is 15.1. The van der Waals surface area contributed by atoms with Crippen molar-refractivity contribution in [2.45, 2.75) is 12.9 Å². The topological polar surface area (TPSA) is 45.7 Å². The Bertz CT molecular complexity index is 800. The molecule has 148 valence electrons.